The average Bonchev–Trinajstić information content (AvgIpc) is 2.63. The molecule has 0 aromatic heterocycles. The van der Waals surface area contributed by atoms with Gasteiger partial charge in [-0.1, -0.05) is 46.6 Å². The van der Waals surface area contributed by atoms with E-state index < -0.39 is 0 Å². The maximum absolute atomic E-state index is 2.25. The van der Waals surface area contributed by atoms with Crippen LogP contribution in [0.4, 0.5) is 0 Å². The molecule has 0 saturated carbocycles. The quantitative estimate of drug-likeness (QED) is 0.503. The Morgan fingerprint density at radius 3 is 1.06 bits per heavy atom. The normalized spacial score (nSPS) is 15.8. The number of rotatable bonds is 0. The molecule has 0 spiro atoms. The molecule has 17 heavy (non-hydrogen) atoms. The topological polar surface area (TPSA) is 0 Å². The average molecular weight is 350 g/mol. The molecule has 0 aliphatic heterocycles. The van der Waals surface area contributed by atoms with Gasteiger partial charge in [0.15, 0.2) is 0 Å². The number of halogens is 2. The fourth-order valence-electron chi connectivity index (χ4n) is 1.66. The van der Waals surface area contributed by atoms with Crippen molar-refractivity contribution in [3.8, 4) is 0 Å². The molecule has 0 amide bonds. The predicted octanol–water partition coefficient (Wildman–Crippen LogP) is -1.43. The van der Waals surface area contributed by atoms with Crippen molar-refractivity contribution in [2.45, 2.75) is 40.5 Å². The second-order valence-corrected chi connectivity index (χ2v) is 4.29. The van der Waals surface area contributed by atoms with E-state index in [1.54, 1.807) is 0 Å². The Morgan fingerprint density at radius 2 is 1.00 bits per heavy atom. The van der Waals surface area contributed by atoms with Gasteiger partial charge in [-0.3, -0.25) is 0 Å². The summed E-state index contributed by atoms with van der Waals surface area (Å²) < 4.78 is 0. The molecule has 0 radical (unpaired) electrons. The van der Waals surface area contributed by atoms with Crippen molar-refractivity contribution in [3.63, 3.8) is 0 Å². The molecule has 0 aromatic rings. The molecule has 3 heteroatoms. The van der Waals surface area contributed by atoms with E-state index in [0.717, 1.165) is 0 Å². The van der Waals surface area contributed by atoms with Gasteiger partial charge in [-0.15, -0.1) is 0 Å². The third-order valence-corrected chi connectivity index (χ3v) is 2.44. The molecule has 2 rings (SSSR count). The van der Waals surface area contributed by atoms with E-state index in [-0.39, 0.29) is 51.0 Å². The van der Waals surface area contributed by atoms with E-state index in [9.17, 15) is 0 Å². The van der Waals surface area contributed by atoms with Crippen LogP contribution < -0.4 is 24.8 Å². The summed E-state index contributed by atoms with van der Waals surface area (Å²) in [4.78, 5) is 0. The SMILES string of the molecule is CC1=CCC(C)=C1.CC1=CCC(C)=C1.[Cl-].[Cl-].[Zr]. The van der Waals surface area contributed by atoms with Crippen LogP contribution in [-0.4, -0.2) is 0 Å². The summed E-state index contributed by atoms with van der Waals surface area (Å²) in [5.41, 5.74) is 5.80. The Morgan fingerprint density at radius 1 is 0.706 bits per heavy atom. The molecule has 0 aromatic carbocycles. The largest absolute Gasteiger partial charge is 1.00 e. The smallest absolute Gasteiger partial charge is 0 e. The van der Waals surface area contributed by atoms with Gasteiger partial charge in [0.25, 0.3) is 0 Å². The predicted molar refractivity (Wildman–Crippen MR) is 64.3 cm³/mol. The van der Waals surface area contributed by atoms with Gasteiger partial charge in [0.1, 0.15) is 0 Å². The Labute approximate surface area is 137 Å². The minimum absolute atomic E-state index is 0. The third-order valence-electron chi connectivity index (χ3n) is 2.44. The van der Waals surface area contributed by atoms with Crippen molar-refractivity contribution < 1.29 is 51.0 Å². The fraction of sp³-hybridized carbons (Fsp3) is 0.429. The van der Waals surface area contributed by atoms with E-state index in [0.29, 0.717) is 0 Å². The van der Waals surface area contributed by atoms with Gasteiger partial charge in [-0.2, -0.15) is 0 Å². The van der Waals surface area contributed by atoms with E-state index in [1.807, 2.05) is 0 Å². The number of hydrogen-bond acceptors (Lipinski definition) is 0. The summed E-state index contributed by atoms with van der Waals surface area (Å²) in [6.45, 7) is 8.59. The number of hydrogen-bond donors (Lipinski definition) is 0. The first-order valence-corrected chi connectivity index (χ1v) is 5.26. The second kappa shape index (κ2) is 11.5. The molecule has 0 N–H and O–H groups in total. The molecule has 0 unspecified atom stereocenters. The first kappa shape index (κ1) is 22.6. The zero-order valence-corrected chi connectivity index (χ0v) is 14.9. The van der Waals surface area contributed by atoms with Crippen molar-refractivity contribution >= 4 is 0 Å². The van der Waals surface area contributed by atoms with Crippen LogP contribution in [0.3, 0.4) is 0 Å². The fourth-order valence-corrected chi connectivity index (χ4v) is 1.66. The van der Waals surface area contributed by atoms with Crippen LogP contribution >= 0.6 is 0 Å². The summed E-state index contributed by atoms with van der Waals surface area (Å²) in [5, 5.41) is 0. The summed E-state index contributed by atoms with van der Waals surface area (Å²) in [6, 6.07) is 0. The Balaban J connectivity index is -0.000000196. The molecule has 0 heterocycles. The molecular weight excluding hydrogens is 330 g/mol. The molecule has 2 aliphatic carbocycles. The maximum Gasteiger partial charge on any atom is 0 e. The van der Waals surface area contributed by atoms with Crippen LogP contribution in [-0.2, 0) is 26.2 Å². The third kappa shape index (κ3) is 10.1. The summed E-state index contributed by atoms with van der Waals surface area (Å²) >= 11 is 0. The summed E-state index contributed by atoms with van der Waals surface area (Å²) in [6.07, 6.45) is 11.3. The summed E-state index contributed by atoms with van der Waals surface area (Å²) in [5.74, 6) is 0. The second-order valence-electron chi connectivity index (χ2n) is 4.29. The van der Waals surface area contributed by atoms with Crippen molar-refractivity contribution in [3.05, 3.63) is 46.6 Å². The minimum Gasteiger partial charge on any atom is -1.00 e. The van der Waals surface area contributed by atoms with Gasteiger partial charge in [0.2, 0.25) is 0 Å². The van der Waals surface area contributed by atoms with Crippen molar-refractivity contribution in [1.29, 1.82) is 0 Å². The van der Waals surface area contributed by atoms with E-state index in [2.05, 4.69) is 52.0 Å². The molecular formula is C14H20Cl2Zr-2. The first-order chi connectivity index (χ1) is 6.58. The molecule has 0 fully saturated rings. The van der Waals surface area contributed by atoms with Crippen LogP contribution in [0.25, 0.3) is 0 Å². The van der Waals surface area contributed by atoms with Gasteiger partial charge >= 0.3 is 0 Å². The first-order valence-electron chi connectivity index (χ1n) is 5.26. The Hall–Kier alpha value is 0.423. The van der Waals surface area contributed by atoms with E-state index in [1.165, 1.54) is 35.1 Å². The van der Waals surface area contributed by atoms with Gasteiger partial charge in [0.05, 0.1) is 0 Å². The van der Waals surface area contributed by atoms with Crippen LogP contribution in [0.5, 0.6) is 0 Å². The number of allylic oxidation sites excluding steroid dienone is 8. The standard InChI is InChI=1S/2C7H10.2ClH.Zr/c2*1-6-3-4-7(2)5-6;;;/h2*3,5H,4H2,1-2H3;2*1H;/p-2. The Bertz CT molecular complexity index is 302. The molecule has 2 aliphatic rings. The van der Waals surface area contributed by atoms with Crippen LogP contribution in [0, 0.1) is 0 Å². The molecule has 0 saturated heterocycles. The van der Waals surface area contributed by atoms with E-state index in [4.69, 9.17) is 0 Å². The van der Waals surface area contributed by atoms with Crippen molar-refractivity contribution in [2.75, 3.05) is 0 Å². The monoisotopic (exact) mass is 348 g/mol. The Kier molecular flexibility index (Phi) is 15.3. The van der Waals surface area contributed by atoms with Crippen molar-refractivity contribution in [1.82, 2.24) is 0 Å². The van der Waals surface area contributed by atoms with E-state index >= 15 is 0 Å². The van der Waals surface area contributed by atoms with Crippen LogP contribution in [0.2, 0.25) is 0 Å². The van der Waals surface area contributed by atoms with Gasteiger partial charge < -0.3 is 24.8 Å². The van der Waals surface area contributed by atoms with Crippen LogP contribution in [0.1, 0.15) is 40.5 Å². The molecule has 0 atom stereocenters. The molecule has 0 bridgehead atoms. The van der Waals surface area contributed by atoms with Crippen LogP contribution in [0.15, 0.2) is 46.6 Å². The minimum atomic E-state index is 0. The molecule has 0 nitrogen and oxygen atoms in total. The maximum atomic E-state index is 2.25. The van der Waals surface area contributed by atoms with Crippen molar-refractivity contribution in [2.24, 2.45) is 0 Å². The summed E-state index contributed by atoms with van der Waals surface area (Å²) in [7, 11) is 0. The van der Waals surface area contributed by atoms with Gasteiger partial charge in [-0.05, 0) is 40.5 Å². The molecule has 96 valence electrons. The van der Waals surface area contributed by atoms with Gasteiger partial charge in [0, 0.05) is 26.2 Å². The van der Waals surface area contributed by atoms with Gasteiger partial charge in [-0.25, -0.2) is 0 Å². The zero-order valence-electron chi connectivity index (χ0n) is 11.0. The zero-order chi connectivity index (χ0) is 10.6.